The number of carboxylic acids is 1. The Balaban J connectivity index is 0.00000361. The molecule has 4 N–H and O–H groups in total. The van der Waals surface area contributed by atoms with Crippen molar-refractivity contribution in [1.82, 2.24) is 0 Å². The van der Waals surface area contributed by atoms with Crippen LogP contribution < -0.4 is 5.73 Å². The van der Waals surface area contributed by atoms with Crippen LogP contribution >= 0.6 is 0 Å². The number of hydrogen-bond acceptors (Lipinski definition) is 7. The molecule has 0 saturated heterocycles. The molecule has 0 aromatic heterocycles. The molecular weight excluding hydrogens is 285 g/mol. The summed E-state index contributed by atoms with van der Waals surface area (Å²) in [5, 5.41) is 39.3. The molecule has 0 aliphatic carbocycles. The maximum atomic E-state index is 10.6. The number of rotatable bonds is 5. The number of nitro groups is 2. The Bertz CT molecular complexity index is 527. The molecule has 1 atom stereocenters. The average molecular weight is 294 g/mol. The van der Waals surface area contributed by atoms with Gasteiger partial charge in [0.1, 0.15) is 6.04 Å². The van der Waals surface area contributed by atoms with Gasteiger partial charge in [0.15, 0.2) is 0 Å². The predicted octanol–water partition coefficient (Wildman–Crippen LogP) is -0.218. The fourth-order valence-electron chi connectivity index (χ4n) is 1.40. The summed E-state index contributed by atoms with van der Waals surface area (Å²) in [5.74, 6) is -2.43. The summed E-state index contributed by atoms with van der Waals surface area (Å²) in [6, 6.07) is 0.347. The molecular formula is C9H9N3NaO7. The third-order valence-electron chi connectivity index (χ3n) is 2.30. The number of benzene rings is 1. The minimum Gasteiger partial charge on any atom is -0.497 e. The van der Waals surface area contributed by atoms with Crippen LogP contribution in [0, 0.1) is 20.2 Å². The maximum Gasteiger partial charge on any atom is 0.320 e. The SMILES string of the molecule is N[C@@H](Cc1cc([N+](=O)[O-])c(O)c([N+](=O)[O-])c1)C(=O)O.[Na]. The van der Waals surface area contributed by atoms with E-state index < -0.39 is 39.0 Å². The van der Waals surface area contributed by atoms with E-state index in [0.29, 0.717) is 0 Å². The summed E-state index contributed by atoms with van der Waals surface area (Å²) in [6.07, 6.45) is -0.336. The Kier molecular flexibility index (Phi) is 6.52. The van der Waals surface area contributed by atoms with Crippen LogP contribution in [-0.2, 0) is 11.2 Å². The topological polar surface area (TPSA) is 170 Å². The van der Waals surface area contributed by atoms with Crippen LogP contribution in [0.2, 0.25) is 0 Å². The van der Waals surface area contributed by atoms with E-state index in [9.17, 15) is 30.1 Å². The largest absolute Gasteiger partial charge is 0.497 e. The van der Waals surface area contributed by atoms with Gasteiger partial charge >= 0.3 is 17.3 Å². The summed E-state index contributed by atoms with van der Waals surface area (Å²) in [7, 11) is 0. The predicted molar refractivity (Wildman–Crippen MR) is 66.5 cm³/mol. The van der Waals surface area contributed by atoms with E-state index >= 15 is 0 Å². The van der Waals surface area contributed by atoms with Crippen LogP contribution in [-0.4, -0.2) is 61.6 Å². The van der Waals surface area contributed by atoms with Gasteiger partial charge in [0, 0.05) is 41.7 Å². The van der Waals surface area contributed by atoms with Gasteiger partial charge < -0.3 is 15.9 Å². The number of carboxylic acid groups (broad SMARTS) is 1. The summed E-state index contributed by atoms with van der Waals surface area (Å²) < 4.78 is 0. The molecule has 1 aromatic rings. The molecule has 0 bridgehead atoms. The van der Waals surface area contributed by atoms with Gasteiger partial charge in [0.05, 0.1) is 9.85 Å². The molecule has 0 heterocycles. The zero-order valence-electron chi connectivity index (χ0n) is 10.3. The molecule has 0 aliphatic rings. The van der Waals surface area contributed by atoms with Gasteiger partial charge in [-0.15, -0.1) is 0 Å². The van der Waals surface area contributed by atoms with Crippen molar-refractivity contribution in [3.8, 4) is 5.75 Å². The van der Waals surface area contributed by atoms with Crippen molar-refractivity contribution in [1.29, 1.82) is 0 Å². The van der Waals surface area contributed by atoms with Crippen LogP contribution in [0.4, 0.5) is 11.4 Å². The zero-order chi connectivity index (χ0) is 14.7. The zero-order valence-corrected chi connectivity index (χ0v) is 12.3. The molecule has 10 nitrogen and oxygen atoms in total. The molecule has 0 saturated carbocycles. The van der Waals surface area contributed by atoms with Crippen molar-refractivity contribution >= 4 is 46.9 Å². The molecule has 1 rings (SSSR count). The standard InChI is InChI=1S/C9H9N3O7.Na/c10-5(9(14)15)1-4-2-6(11(16)17)8(13)7(3-4)12(18)19;/h2-3,5,13H,1,10H2,(H,14,15);/t5-;/m0./s1. The van der Waals surface area contributed by atoms with E-state index in [1.807, 2.05) is 0 Å². The number of nitrogens with two attached hydrogens (primary N) is 1. The molecule has 1 radical (unpaired) electrons. The van der Waals surface area contributed by atoms with Gasteiger partial charge in [-0.2, -0.15) is 0 Å². The van der Waals surface area contributed by atoms with Crippen LogP contribution in [0.25, 0.3) is 0 Å². The number of phenolic OH excluding ortho intramolecular Hbond substituents is 1. The minimum absolute atomic E-state index is 0. The van der Waals surface area contributed by atoms with E-state index in [1.165, 1.54) is 0 Å². The number of hydrogen-bond donors (Lipinski definition) is 3. The van der Waals surface area contributed by atoms with Gasteiger partial charge in [-0.3, -0.25) is 25.0 Å². The number of nitro benzene ring substituents is 2. The number of nitrogens with zero attached hydrogens (tertiary/aromatic N) is 2. The van der Waals surface area contributed by atoms with Crippen LogP contribution in [0.5, 0.6) is 5.75 Å². The van der Waals surface area contributed by atoms with E-state index in [-0.39, 0.29) is 41.5 Å². The van der Waals surface area contributed by atoms with Crippen molar-refractivity contribution in [2.45, 2.75) is 12.5 Å². The second-order valence-corrected chi connectivity index (χ2v) is 3.65. The van der Waals surface area contributed by atoms with Crippen LogP contribution in [0.3, 0.4) is 0 Å². The first-order valence-electron chi connectivity index (χ1n) is 4.87. The first kappa shape index (κ1) is 18.2. The maximum absolute atomic E-state index is 10.6. The second-order valence-electron chi connectivity index (χ2n) is 3.65. The Labute approximate surface area is 133 Å². The number of phenols is 1. The minimum atomic E-state index is -1.36. The first-order valence-corrected chi connectivity index (χ1v) is 4.87. The monoisotopic (exact) mass is 294 g/mol. The first-order chi connectivity index (χ1) is 8.73. The fraction of sp³-hybridized carbons (Fsp3) is 0.222. The summed E-state index contributed by atoms with van der Waals surface area (Å²) in [6.45, 7) is 0. The van der Waals surface area contributed by atoms with Crippen LogP contribution in [0.15, 0.2) is 12.1 Å². The van der Waals surface area contributed by atoms with Crippen molar-refractivity contribution < 1.29 is 24.9 Å². The quantitative estimate of drug-likeness (QED) is 0.380. The van der Waals surface area contributed by atoms with Crippen LogP contribution in [0.1, 0.15) is 5.56 Å². The van der Waals surface area contributed by atoms with E-state index in [0.717, 1.165) is 12.1 Å². The summed E-state index contributed by atoms with van der Waals surface area (Å²) >= 11 is 0. The van der Waals surface area contributed by atoms with Gasteiger partial charge in [-0.05, 0) is 12.0 Å². The van der Waals surface area contributed by atoms with Crippen molar-refractivity contribution in [3.05, 3.63) is 37.9 Å². The second kappa shape index (κ2) is 7.14. The molecule has 0 amide bonds. The van der Waals surface area contributed by atoms with Crippen molar-refractivity contribution in [3.63, 3.8) is 0 Å². The number of carbonyl (C=O) groups is 1. The molecule has 0 spiro atoms. The van der Waals surface area contributed by atoms with Gasteiger partial charge in [0.2, 0.25) is 0 Å². The van der Waals surface area contributed by atoms with E-state index in [1.54, 1.807) is 0 Å². The van der Waals surface area contributed by atoms with E-state index in [2.05, 4.69) is 0 Å². The molecule has 1 aromatic carbocycles. The molecule has 0 fully saturated rings. The van der Waals surface area contributed by atoms with E-state index in [4.69, 9.17) is 10.8 Å². The Morgan fingerprint density at radius 1 is 1.25 bits per heavy atom. The Hall–Kier alpha value is -1.75. The molecule has 103 valence electrons. The molecule has 20 heavy (non-hydrogen) atoms. The average Bonchev–Trinajstić information content (AvgIpc) is 2.30. The van der Waals surface area contributed by atoms with Gasteiger partial charge in [-0.1, -0.05) is 0 Å². The molecule has 11 heteroatoms. The fourth-order valence-corrected chi connectivity index (χ4v) is 1.40. The summed E-state index contributed by atoms with van der Waals surface area (Å²) in [4.78, 5) is 29.9. The Morgan fingerprint density at radius 3 is 1.95 bits per heavy atom. The smallest absolute Gasteiger partial charge is 0.320 e. The number of aromatic hydroxyl groups is 1. The Morgan fingerprint density at radius 2 is 1.65 bits per heavy atom. The normalized spacial score (nSPS) is 11.2. The van der Waals surface area contributed by atoms with Gasteiger partial charge in [-0.25, -0.2) is 0 Å². The van der Waals surface area contributed by atoms with Crippen molar-refractivity contribution in [2.75, 3.05) is 0 Å². The number of aliphatic carboxylic acids is 1. The third kappa shape index (κ3) is 4.13. The summed E-state index contributed by atoms with van der Waals surface area (Å²) in [5.41, 5.74) is 3.47. The van der Waals surface area contributed by atoms with Crippen molar-refractivity contribution in [2.24, 2.45) is 5.73 Å². The molecule has 0 aliphatic heterocycles. The molecule has 0 unspecified atom stereocenters. The third-order valence-corrected chi connectivity index (χ3v) is 2.30. The van der Waals surface area contributed by atoms with Gasteiger partial charge in [0.25, 0.3) is 5.75 Å².